The molecule has 0 aliphatic carbocycles. The van der Waals surface area contributed by atoms with E-state index in [1.807, 2.05) is 35.3 Å². The molecule has 4 heterocycles. The molecule has 1 fully saturated rings. The molecule has 9 heteroatoms. The van der Waals surface area contributed by atoms with Crippen LogP contribution in [0.15, 0.2) is 29.6 Å². The van der Waals surface area contributed by atoms with E-state index in [9.17, 15) is 9.59 Å². The smallest absolute Gasteiger partial charge is 0.350 e. The van der Waals surface area contributed by atoms with Crippen LogP contribution in [0.1, 0.15) is 25.0 Å². The number of aromatic nitrogens is 1. The zero-order valence-electron chi connectivity index (χ0n) is 15.3. The molecule has 3 aromatic heterocycles. The maximum absolute atomic E-state index is 12.5. The Morgan fingerprint density at radius 2 is 2.07 bits per heavy atom. The number of hydrogen-bond acceptors (Lipinski definition) is 8. The van der Waals surface area contributed by atoms with Gasteiger partial charge in [-0.3, -0.25) is 9.69 Å². The second-order valence-electron chi connectivity index (χ2n) is 6.27. The van der Waals surface area contributed by atoms with Gasteiger partial charge >= 0.3 is 5.97 Å². The second kappa shape index (κ2) is 8.60. The van der Waals surface area contributed by atoms with Gasteiger partial charge in [0, 0.05) is 36.5 Å². The topological polar surface area (TPSA) is 71.5 Å². The average molecular weight is 434 g/mol. The summed E-state index contributed by atoms with van der Waals surface area (Å²) in [5.41, 5.74) is 1.44. The van der Waals surface area contributed by atoms with Crippen LogP contribution in [0.4, 0.5) is 5.69 Å². The van der Waals surface area contributed by atoms with E-state index in [1.54, 1.807) is 6.07 Å². The minimum Gasteiger partial charge on any atom is -0.465 e. The molecule has 1 N–H and O–H groups in total. The number of amides is 1. The standard InChI is InChI=1S/C19H19N3O3S3/c1-25-19(24)16-15(21-17(23)14-3-2-8-27-14)13-5-4-12(20-18(13)28-16)11-22-6-9-26-10-7-22/h2-5,8H,6-7,9-11H2,1H3,(H,21,23). The molecule has 0 bridgehead atoms. The molecular formula is C19H19N3O3S3. The first-order valence-corrected chi connectivity index (χ1v) is 11.7. The van der Waals surface area contributed by atoms with Crippen LogP contribution in [-0.4, -0.2) is 53.5 Å². The zero-order valence-corrected chi connectivity index (χ0v) is 17.7. The van der Waals surface area contributed by atoms with Gasteiger partial charge in [-0.1, -0.05) is 6.07 Å². The Kier molecular flexibility index (Phi) is 5.96. The van der Waals surface area contributed by atoms with Gasteiger partial charge in [0.25, 0.3) is 5.91 Å². The number of nitrogens with one attached hydrogen (secondary N) is 1. The van der Waals surface area contributed by atoms with Gasteiger partial charge in [-0.25, -0.2) is 9.78 Å². The molecule has 0 spiro atoms. The van der Waals surface area contributed by atoms with Crippen molar-refractivity contribution in [2.24, 2.45) is 0 Å². The van der Waals surface area contributed by atoms with Gasteiger partial charge in [0.1, 0.15) is 9.71 Å². The Labute approximate surface area is 174 Å². The number of hydrogen-bond donors (Lipinski definition) is 1. The van der Waals surface area contributed by atoms with Crippen LogP contribution >= 0.6 is 34.4 Å². The molecule has 6 nitrogen and oxygen atoms in total. The Bertz CT molecular complexity index is 995. The van der Waals surface area contributed by atoms with Crippen LogP contribution in [0.5, 0.6) is 0 Å². The lowest BCUT2D eigenvalue weighted by Crippen LogP contribution is -2.32. The number of carbonyl (C=O) groups excluding carboxylic acids is 2. The van der Waals surface area contributed by atoms with E-state index in [0.29, 0.717) is 15.4 Å². The third-order valence-corrected chi connectivity index (χ3v) is 7.35. The number of fused-ring (bicyclic) bond motifs is 1. The summed E-state index contributed by atoms with van der Waals surface area (Å²) >= 11 is 4.58. The van der Waals surface area contributed by atoms with E-state index in [0.717, 1.165) is 47.1 Å². The molecule has 0 atom stereocenters. The molecule has 1 amide bonds. The number of carbonyl (C=O) groups is 2. The van der Waals surface area contributed by atoms with Crippen LogP contribution in [0, 0.1) is 0 Å². The largest absolute Gasteiger partial charge is 0.465 e. The SMILES string of the molecule is COC(=O)c1sc2nc(CN3CCSCC3)ccc2c1NC(=O)c1cccs1. The van der Waals surface area contributed by atoms with E-state index in [4.69, 9.17) is 9.72 Å². The van der Waals surface area contributed by atoms with Gasteiger partial charge in [-0.15, -0.1) is 22.7 Å². The van der Waals surface area contributed by atoms with Crippen LogP contribution in [0.3, 0.4) is 0 Å². The summed E-state index contributed by atoms with van der Waals surface area (Å²) in [6.07, 6.45) is 0. The molecule has 0 saturated carbocycles. The highest BCUT2D eigenvalue weighted by molar-refractivity contribution is 7.99. The van der Waals surface area contributed by atoms with E-state index in [-0.39, 0.29) is 5.91 Å². The van der Waals surface area contributed by atoms with Crippen molar-refractivity contribution >= 4 is 62.2 Å². The zero-order chi connectivity index (χ0) is 19.5. The molecule has 3 aromatic rings. The Morgan fingerprint density at radius 3 is 2.79 bits per heavy atom. The van der Waals surface area contributed by atoms with E-state index < -0.39 is 5.97 Å². The normalized spacial score (nSPS) is 14.9. The van der Waals surface area contributed by atoms with Crippen molar-refractivity contribution < 1.29 is 14.3 Å². The first-order valence-electron chi connectivity index (χ1n) is 8.81. The van der Waals surface area contributed by atoms with Gasteiger partial charge in [0.15, 0.2) is 0 Å². The predicted molar refractivity (Wildman–Crippen MR) is 116 cm³/mol. The van der Waals surface area contributed by atoms with Crippen LogP contribution in [-0.2, 0) is 11.3 Å². The number of ether oxygens (including phenoxy) is 1. The Hall–Kier alpha value is -1.94. The molecule has 1 aliphatic heterocycles. The summed E-state index contributed by atoms with van der Waals surface area (Å²) < 4.78 is 4.91. The minimum atomic E-state index is -0.473. The lowest BCUT2D eigenvalue weighted by atomic mass is 10.2. The van der Waals surface area contributed by atoms with Crippen LogP contribution < -0.4 is 5.32 Å². The Morgan fingerprint density at radius 1 is 1.25 bits per heavy atom. The summed E-state index contributed by atoms with van der Waals surface area (Å²) in [5.74, 6) is 1.58. The van der Waals surface area contributed by atoms with Crippen molar-refractivity contribution in [2.75, 3.05) is 37.0 Å². The van der Waals surface area contributed by atoms with Crippen molar-refractivity contribution in [3.63, 3.8) is 0 Å². The molecule has 0 radical (unpaired) electrons. The monoisotopic (exact) mass is 433 g/mol. The van der Waals surface area contributed by atoms with Gasteiger partial charge in [0.05, 0.1) is 23.4 Å². The fourth-order valence-corrected chi connectivity index (χ4v) is 5.70. The van der Waals surface area contributed by atoms with Crippen LogP contribution in [0.25, 0.3) is 10.2 Å². The maximum Gasteiger partial charge on any atom is 0.350 e. The first kappa shape index (κ1) is 19.4. The van der Waals surface area contributed by atoms with E-state index in [1.165, 1.54) is 29.8 Å². The highest BCUT2D eigenvalue weighted by atomic mass is 32.2. The van der Waals surface area contributed by atoms with Gasteiger partial charge < -0.3 is 10.1 Å². The number of thiophene rings is 2. The van der Waals surface area contributed by atoms with Gasteiger partial charge in [-0.2, -0.15) is 11.8 Å². The second-order valence-corrected chi connectivity index (χ2v) is 9.44. The molecule has 0 aromatic carbocycles. The molecule has 4 rings (SSSR count). The average Bonchev–Trinajstić information content (AvgIpc) is 3.37. The fourth-order valence-electron chi connectivity index (χ4n) is 3.04. The van der Waals surface area contributed by atoms with Crippen molar-refractivity contribution in [2.45, 2.75) is 6.54 Å². The molecule has 146 valence electrons. The van der Waals surface area contributed by atoms with Crippen molar-refractivity contribution in [1.29, 1.82) is 0 Å². The molecule has 1 aliphatic rings. The van der Waals surface area contributed by atoms with Gasteiger partial charge in [0.2, 0.25) is 0 Å². The third kappa shape index (κ3) is 4.07. The summed E-state index contributed by atoms with van der Waals surface area (Å²) in [5, 5.41) is 5.48. The lowest BCUT2D eigenvalue weighted by Gasteiger charge is -2.25. The number of pyridine rings is 1. The third-order valence-electron chi connectivity index (χ3n) is 4.46. The van der Waals surface area contributed by atoms with E-state index in [2.05, 4.69) is 10.2 Å². The summed E-state index contributed by atoms with van der Waals surface area (Å²) in [6.45, 7) is 2.91. The summed E-state index contributed by atoms with van der Waals surface area (Å²) in [6, 6.07) is 7.47. The lowest BCUT2D eigenvalue weighted by molar-refractivity contribution is 0.0607. The maximum atomic E-state index is 12.5. The van der Waals surface area contributed by atoms with Gasteiger partial charge in [-0.05, 0) is 23.6 Å². The number of thioether (sulfide) groups is 1. The molecular weight excluding hydrogens is 414 g/mol. The van der Waals surface area contributed by atoms with E-state index >= 15 is 0 Å². The molecule has 28 heavy (non-hydrogen) atoms. The van der Waals surface area contributed by atoms with Crippen LogP contribution in [0.2, 0.25) is 0 Å². The number of nitrogens with zero attached hydrogens (tertiary/aromatic N) is 2. The first-order chi connectivity index (χ1) is 13.7. The highest BCUT2D eigenvalue weighted by Gasteiger charge is 2.23. The summed E-state index contributed by atoms with van der Waals surface area (Å²) in [7, 11) is 1.34. The molecule has 0 unspecified atom stereocenters. The Balaban J connectivity index is 1.66. The summed E-state index contributed by atoms with van der Waals surface area (Å²) in [4.78, 5) is 33.6. The quantitative estimate of drug-likeness (QED) is 0.615. The van der Waals surface area contributed by atoms with Crippen molar-refractivity contribution in [3.8, 4) is 0 Å². The number of anilines is 1. The highest BCUT2D eigenvalue weighted by Crippen LogP contribution is 2.36. The number of methoxy groups -OCH3 is 1. The number of rotatable bonds is 5. The number of esters is 1. The minimum absolute atomic E-state index is 0.241. The molecule has 1 saturated heterocycles. The van der Waals surface area contributed by atoms with Crippen molar-refractivity contribution in [1.82, 2.24) is 9.88 Å². The predicted octanol–water partition coefficient (Wildman–Crippen LogP) is 3.95. The van der Waals surface area contributed by atoms with Crippen molar-refractivity contribution in [3.05, 3.63) is 45.1 Å². The fraction of sp³-hybridized carbons (Fsp3) is 0.316.